The van der Waals surface area contributed by atoms with E-state index in [0.29, 0.717) is 39.2 Å². The fourth-order valence-corrected chi connectivity index (χ4v) is 3.65. The minimum atomic E-state index is -0.828. The molecule has 0 fully saturated rings. The van der Waals surface area contributed by atoms with E-state index in [1.807, 2.05) is 5.38 Å². The number of thiophene rings is 1. The van der Waals surface area contributed by atoms with Gasteiger partial charge >= 0.3 is 0 Å². The highest BCUT2D eigenvalue weighted by Crippen LogP contribution is 2.32. The van der Waals surface area contributed by atoms with Crippen LogP contribution >= 0.6 is 11.3 Å². The summed E-state index contributed by atoms with van der Waals surface area (Å²) in [5.41, 5.74) is 2.49. The zero-order valence-electron chi connectivity index (χ0n) is 14.5. The summed E-state index contributed by atoms with van der Waals surface area (Å²) in [6.45, 7) is 0. The maximum atomic E-state index is 12.7. The number of carbonyl (C=O) groups is 4. The number of anilines is 2. The van der Waals surface area contributed by atoms with Gasteiger partial charge in [-0.2, -0.15) is 0 Å². The topological polar surface area (TPSA) is 92.3 Å². The van der Waals surface area contributed by atoms with Gasteiger partial charge in [0.15, 0.2) is 5.78 Å². The predicted molar refractivity (Wildman–Crippen MR) is 106 cm³/mol. The van der Waals surface area contributed by atoms with Crippen LogP contribution < -0.4 is 10.6 Å². The Labute approximate surface area is 164 Å². The van der Waals surface area contributed by atoms with Crippen LogP contribution in [0.2, 0.25) is 0 Å². The number of aldehydes is 1. The SMILES string of the molecule is O=CC1C(=O)Nc2cc(C(=O)c3ccc(NC(=O)c4cccs4)cc3)ccc21. The van der Waals surface area contributed by atoms with Crippen molar-refractivity contribution in [3.63, 3.8) is 0 Å². The maximum Gasteiger partial charge on any atom is 0.265 e. The molecule has 2 heterocycles. The van der Waals surface area contributed by atoms with Gasteiger partial charge in [0.1, 0.15) is 12.2 Å². The lowest BCUT2D eigenvalue weighted by atomic mass is 9.97. The number of hydrogen-bond acceptors (Lipinski definition) is 5. The lowest BCUT2D eigenvalue weighted by molar-refractivity contribution is -0.121. The number of hydrogen-bond donors (Lipinski definition) is 2. The lowest BCUT2D eigenvalue weighted by Crippen LogP contribution is -2.12. The van der Waals surface area contributed by atoms with Gasteiger partial charge < -0.3 is 15.4 Å². The van der Waals surface area contributed by atoms with Crippen molar-refractivity contribution < 1.29 is 19.2 Å². The van der Waals surface area contributed by atoms with Gasteiger partial charge in [-0.15, -0.1) is 11.3 Å². The molecule has 2 amide bonds. The zero-order chi connectivity index (χ0) is 19.7. The molecule has 1 unspecified atom stereocenters. The first-order valence-electron chi connectivity index (χ1n) is 8.46. The van der Waals surface area contributed by atoms with E-state index in [1.165, 1.54) is 11.3 Å². The zero-order valence-corrected chi connectivity index (χ0v) is 15.3. The first kappa shape index (κ1) is 17.8. The molecule has 0 saturated heterocycles. The minimum Gasteiger partial charge on any atom is -0.325 e. The Balaban J connectivity index is 1.51. The molecule has 0 spiro atoms. The second-order valence-electron chi connectivity index (χ2n) is 6.24. The maximum absolute atomic E-state index is 12.7. The normalized spacial score (nSPS) is 14.9. The summed E-state index contributed by atoms with van der Waals surface area (Å²) in [4.78, 5) is 48.2. The van der Waals surface area contributed by atoms with Crippen molar-refractivity contribution in [1.29, 1.82) is 0 Å². The van der Waals surface area contributed by atoms with E-state index in [2.05, 4.69) is 10.6 Å². The van der Waals surface area contributed by atoms with Gasteiger partial charge in [0, 0.05) is 22.5 Å². The summed E-state index contributed by atoms with van der Waals surface area (Å²) >= 11 is 1.35. The van der Waals surface area contributed by atoms with Crippen LogP contribution in [0.25, 0.3) is 0 Å². The van der Waals surface area contributed by atoms with Crippen molar-refractivity contribution >= 4 is 46.6 Å². The van der Waals surface area contributed by atoms with E-state index in [-0.39, 0.29) is 17.6 Å². The highest BCUT2D eigenvalue weighted by molar-refractivity contribution is 7.12. The minimum absolute atomic E-state index is 0.201. The Bertz CT molecular complexity index is 1090. The highest BCUT2D eigenvalue weighted by Gasteiger charge is 2.30. The lowest BCUT2D eigenvalue weighted by Gasteiger charge is -2.07. The van der Waals surface area contributed by atoms with Gasteiger partial charge in [-0.05, 0) is 47.3 Å². The smallest absolute Gasteiger partial charge is 0.265 e. The third-order valence-corrected chi connectivity index (χ3v) is 5.35. The van der Waals surface area contributed by atoms with Gasteiger partial charge in [0.25, 0.3) is 5.91 Å². The monoisotopic (exact) mass is 390 g/mol. The van der Waals surface area contributed by atoms with Crippen molar-refractivity contribution in [3.05, 3.63) is 81.5 Å². The number of carbonyl (C=O) groups excluding carboxylic acids is 4. The number of amides is 2. The summed E-state index contributed by atoms with van der Waals surface area (Å²) in [5, 5.41) is 7.23. The number of ketones is 1. The Morgan fingerprint density at radius 2 is 1.79 bits per heavy atom. The summed E-state index contributed by atoms with van der Waals surface area (Å²) < 4.78 is 0. The van der Waals surface area contributed by atoms with Gasteiger partial charge in [-0.3, -0.25) is 14.4 Å². The summed E-state index contributed by atoms with van der Waals surface area (Å²) in [6.07, 6.45) is 0.589. The van der Waals surface area contributed by atoms with Gasteiger partial charge in [-0.1, -0.05) is 18.2 Å². The van der Waals surface area contributed by atoms with Gasteiger partial charge in [-0.25, -0.2) is 0 Å². The molecular formula is C21H14N2O4S. The second-order valence-corrected chi connectivity index (χ2v) is 7.19. The van der Waals surface area contributed by atoms with E-state index < -0.39 is 5.92 Å². The third kappa shape index (κ3) is 3.23. The molecule has 1 aliphatic rings. The first-order valence-corrected chi connectivity index (χ1v) is 9.34. The van der Waals surface area contributed by atoms with Crippen molar-refractivity contribution in [2.24, 2.45) is 0 Å². The quantitative estimate of drug-likeness (QED) is 0.396. The highest BCUT2D eigenvalue weighted by atomic mass is 32.1. The molecule has 28 heavy (non-hydrogen) atoms. The molecular weight excluding hydrogens is 376 g/mol. The first-order chi connectivity index (χ1) is 13.6. The van der Waals surface area contributed by atoms with Crippen LogP contribution in [0.15, 0.2) is 60.0 Å². The van der Waals surface area contributed by atoms with Crippen molar-refractivity contribution in [2.45, 2.75) is 5.92 Å². The Morgan fingerprint density at radius 3 is 2.46 bits per heavy atom. The molecule has 2 aromatic carbocycles. The van der Waals surface area contributed by atoms with Crippen LogP contribution in [-0.4, -0.2) is 23.9 Å². The van der Waals surface area contributed by atoms with E-state index in [1.54, 1.807) is 54.6 Å². The second kappa shape index (κ2) is 7.21. The molecule has 138 valence electrons. The molecule has 7 heteroatoms. The molecule has 3 aromatic rings. The molecule has 4 rings (SSSR count). The summed E-state index contributed by atoms with van der Waals surface area (Å²) in [5.74, 6) is -1.64. The fourth-order valence-electron chi connectivity index (χ4n) is 3.04. The molecule has 1 aliphatic heterocycles. The Morgan fingerprint density at radius 1 is 1.04 bits per heavy atom. The molecule has 1 atom stereocenters. The fraction of sp³-hybridized carbons (Fsp3) is 0.0476. The van der Waals surface area contributed by atoms with E-state index in [9.17, 15) is 19.2 Å². The molecule has 6 nitrogen and oxygen atoms in total. The molecule has 0 bridgehead atoms. The Kier molecular flexibility index (Phi) is 4.58. The van der Waals surface area contributed by atoms with Crippen LogP contribution in [0.3, 0.4) is 0 Å². The molecule has 2 N–H and O–H groups in total. The molecule has 0 aliphatic carbocycles. The average molecular weight is 390 g/mol. The number of benzene rings is 2. The van der Waals surface area contributed by atoms with E-state index in [4.69, 9.17) is 0 Å². The number of rotatable bonds is 5. The summed E-state index contributed by atoms with van der Waals surface area (Å²) in [7, 11) is 0. The summed E-state index contributed by atoms with van der Waals surface area (Å²) in [6, 6.07) is 14.9. The van der Waals surface area contributed by atoms with Crippen LogP contribution in [0.1, 0.15) is 37.1 Å². The van der Waals surface area contributed by atoms with Gasteiger partial charge in [0.05, 0.1) is 4.88 Å². The van der Waals surface area contributed by atoms with E-state index >= 15 is 0 Å². The molecule has 0 saturated carbocycles. The number of nitrogens with one attached hydrogen (secondary N) is 2. The van der Waals surface area contributed by atoms with E-state index in [0.717, 1.165) is 0 Å². The predicted octanol–water partition coefficient (Wildman–Crippen LogP) is 3.47. The van der Waals surface area contributed by atoms with Crippen molar-refractivity contribution in [1.82, 2.24) is 0 Å². The van der Waals surface area contributed by atoms with Crippen molar-refractivity contribution in [3.8, 4) is 0 Å². The number of fused-ring (bicyclic) bond motifs is 1. The van der Waals surface area contributed by atoms with Crippen LogP contribution in [0.5, 0.6) is 0 Å². The van der Waals surface area contributed by atoms with Crippen LogP contribution in [0, 0.1) is 0 Å². The Hall–Kier alpha value is -3.58. The third-order valence-electron chi connectivity index (χ3n) is 4.48. The van der Waals surface area contributed by atoms with Crippen molar-refractivity contribution in [2.75, 3.05) is 10.6 Å². The average Bonchev–Trinajstić information content (AvgIpc) is 3.34. The van der Waals surface area contributed by atoms with Crippen LogP contribution in [-0.2, 0) is 9.59 Å². The van der Waals surface area contributed by atoms with Crippen LogP contribution in [0.4, 0.5) is 11.4 Å². The van der Waals surface area contributed by atoms with Gasteiger partial charge in [0.2, 0.25) is 5.91 Å². The molecule has 0 radical (unpaired) electrons. The largest absolute Gasteiger partial charge is 0.325 e. The standard InChI is InChI=1S/C21H14N2O4S/c24-11-16-15-8-5-13(10-17(15)23-20(16)26)19(25)12-3-6-14(7-4-12)22-21(27)18-2-1-9-28-18/h1-11,16H,(H,22,27)(H,23,26). The molecule has 1 aromatic heterocycles.